The van der Waals surface area contributed by atoms with E-state index in [1.54, 1.807) is 0 Å². The number of urea groups is 1. The molecule has 4 fully saturated rings. The number of fused-ring (bicyclic) bond motifs is 1. The fourth-order valence-corrected chi connectivity index (χ4v) is 6.07. The second-order valence-corrected chi connectivity index (χ2v) is 10.00. The Morgan fingerprint density at radius 2 is 1.71 bits per heavy atom. The Labute approximate surface area is 186 Å². The van der Waals surface area contributed by atoms with E-state index in [-0.39, 0.29) is 12.1 Å². The normalized spacial score (nSPS) is 30.3. The van der Waals surface area contributed by atoms with Gasteiger partial charge in [-0.1, -0.05) is 31.4 Å². The minimum absolute atomic E-state index is 0.101. The molecule has 3 aliphatic heterocycles. The van der Waals surface area contributed by atoms with Crippen LogP contribution >= 0.6 is 0 Å². The van der Waals surface area contributed by atoms with Gasteiger partial charge in [0.2, 0.25) is 0 Å². The zero-order valence-electron chi connectivity index (χ0n) is 19.0. The molecule has 6 heteroatoms. The molecule has 3 saturated heterocycles. The summed E-state index contributed by atoms with van der Waals surface area (Å²) in [4.78, 5) is 23.8. The SMILES string of the molecule is CN1OC[C@@H]2CN(C(=O)NC3CCCCC3)[C@H](c3ccc(N4CCCCC4)cc3)C[C@@H]21. The molecule has 6 nitrogen and oxygen atoms in total. The smallest absolute Gasteiger partial charge is 0.318 e. The average Bonchev–Trinajstić information content (AvgIpc) is 3.19. The number of nitrogens with one attached hydrogen (secondary N) is 1. The van der Waals surface area contributed by atoms with Crippen molar-refractivity contribution in [2.75, 3.05) is 38.2 Å². The quantitative estimate of drug-likeness (QED) is 0.782. The molecular weight excluding hydrogens is 388 g/mol. The summed E-state index contributed by atoms with van der Waals surface area (Å²) in [6.07, 6.45) is 10.9. The van der Waals surface area contributed by atoms with Crippen molar-refractivity contribution in [3.63, 3.8) is 0 Å². The lowest BCUT2D eigenvalue weighted by atomic mass is 9.85. The first-order chi connectivity index (χ1) is 15.2. The number of piperidine rings is 2. The molecule has 170 valence electrons. The fourth-order valence-electron chi connectivity index (χ4n) is 6.07. The molecule has 3 atom stereocenters. The molecular formula is C25H38N4O2. The topological polar surface area (TPSA) is 48.1 Å². The van der Waals surface area contributed by atoms with Gasteiger partial charge in [-0.15, -0.1) is 0 Å². The average molecular weight is 427 g/mol. The number of carbonyl (C=O) groups is 1. The number of rotatable bonds is 3. The van der Waals surface area contributed by atoms with Crippen molar-refractivity contribution in [1.29, 1.82) is 0 Å². The largest absolute Gasteiger partial charge is 0.372 e. The lowest BCUT2D eigenvalue weighted by molar-refractivity contribution is -0.113. The molecule has 5 rings (SSSR count). The highest BCUT2D eigenvalue weighted by molar-refractivity contribution is 5.75. The Kier molecular flexibility index (Phi) is 6.37. The van der Waals surface area contributed by atoms with E-state index in [0.29, 0.717) is 18.0 Å². The van der Waals surface area contributed by atoms with Gasteiger partial charge in [0, 0.05) is 50.4 Å². The van der Waals surface area contributed by atoms with Gasteiger partial charge >= 0.3 is 6.03 Å². The zero-order valence-corrected chi connectivity index (χ0v) is 19.0. The van der Waals surface area contributed by atoms with Gasteiger partial charge in [0.05, 0.1) is 12.6 Å². The lowest BCUT2D eigenvalue weighted by Gasteiger charge is -2.43. The molecule has 0 aromatic heterocycles. The minimum atomic E-state index is 0.101. The summed E-state index contributed by atoms with van der Waals surface area (Å²) in [7, 11) is 2.04. The predicted molar refractivity (Wildman–Crippen MR) is 123 cm³/mol. The van der Waals surface area contributed by atoms with Crippen molar-refractivity contribution in [2.45, 2.75) is 75.9 Å². The second kappa shape index (κ2) is 9.37. The van der Waals surface area contributed by atoms with Crippen molar-refractivity contribution >= 4 is 11.7 Å². The Bertz CT molecular complexity index is 742. The molecule has 0 radical (unpaired) electrons. The number of hydrogen-bond acceptors (Lipinski definition) is 4. The lowest BCUT2D eigenvalue weighted by Crippen LogP contribution is -2.54. The third-order valence-corrected chi connectivity index (χ3v) is 7.97. The van der Waals surface area contributed by atoms with Gasteiger partial charge in [0.1, 0.15) is 0 Å². The molecule has 2 amide bonds. The van der Waals surface area contributed by atoms with E-state index < -0.39 is 0 Å². The molecule has 0 unspecified atom stereocenters. The van der Waals surface area contributed by atoms with E-state index in [0.717, 1.165) is 45.5 Å². The maximum absolute atomic E-state index is 13.4. The molecule has 1 aliphatic carbocycles. The van der Waals surface area contributed by atoms with E-state index in [1.165, 1.54) is 49.8 Å². The van der Waals surface area contributed by atoms with Gasteiger partial charge in [-0.05, 0) is 56.2 Å². The third-order valence-electron chi connectivity index (χ3n) is 7.97. The first-order valence-electron chi connectivity index (χ1n) is 12.5. The number of nitrogens with zero attached hydrogens (tertiary/aromatic N) is 3. The van der Waals surface area contributed by atoms with E-state index in [2.05, 4.69) is 39.4 Å². The van der Waals surface area contributed by atoms with Crippen LogP contribution < -0.4 is 10.2 Å². The van der Waals surface area contributed by atoms with E-state index in [1.807, 2.05) is 12.1 Å². The van der Waals surface area contributed by atoms with Gasteiger partial charge < -0.3 is 15.1 Å². The van der Waals surface area contributed by atoms with Crippen LogP contribution in [0.3, 0.4) is 0 Å². The van der Waals surface area contributed by atoms with Crippen molar-refractivity contribution in [2.24, 2.45) is 5.92 Å². The Morgan fingerprint density at radius 1 is 1.00 bits per heavy atom. The summed E-state index contributed by atoms with van der Waals surface area (Å²) in [6, 6.07) is 9.97. The molecule has 1 N–H and O–H groups in total. The minimum Gasteiger partial charge on any atom is -0.372 e. The van der Waals surface area contributed by atoms with E-state index in [4.69, 9.17) is 4.84 Å². The number of likely N-dealkylation sites (tertiary alicyclic amines) is 1. The highest BCUT2D eigenvalue weighted by Gasteiger charge is 2.44. The first kappa shape index (κ1) is 21.1. The van der Waals surface area contributed by atoms with Crippen molar-refractivity contribution in [3.05, 3.63) is 29.8 Å². The van der Waals surface area contributed by atoms with Gasteiger partial charge in [0.15, 0.2) is 0 Å². The van der Waals surface area contributed by atoms with Crippen LogP contribution in [0.15, 0.2) is 24.3 Å². The fraction of sp³-hybridized carbons (Fsp3) is 0.720. The van der Waals surface area contributed by atoms with E-state index in [9.17, 15) is 4.79 Å². The molecule has 0 bridgehead atoms. The molecule has 4 aliphatic rings. The van der Waals surface area contributed by atoms with Gasteiger partial charge in [0.25, 0.3) is 0 Å². The van der Waals surface area contributed by atoms with Gasteiger partial charge in [-0.3, -0.25) is 4.84 Å². The van der Waals surface area contributed by atoms with Crippen LogP contribution in [0.5, 0.6) is 0 Å². The summed E-state index contributed by atoms with van der Waals surface area (Å²) in [5.41, 5.74) is 2.56. The second-order valence-electron chi connectivity index (χ2n) is 10.00. The standard InChI is InChI=1S/C25H38N4O2/c1-27-23-16-24(19-10-12-22(13-11-19)28-14-6-3-7-15-28)29(17-20(23)18-31-27)25(30)26-21-8-4-2-5-9-21/h10-13,20-21,23-24H,2-9,14-18H2,1H3,(H,26,30)/t20-,23-,24-/m0/s1. The maximum Gasteiger partial charge on any atom is 0.318 e. The summed E-state index contributed by atoms with van der Waals surface area (Å²) in [6.45, 7) is 3.80. The molecule has 3 heterocycles. The number of amides is 2. The molecule has 1 aromatic carbocycles. The van der Waals surface area contributed by atoms with Crippen LogP contribution in [0.2, 0.25) is 0 Å². The Hall–Kier alpha value is -1.79. The number of benzene rings is 1. The van der Waals surface area contributed by atoms with Crippen LogP contribution in [0.1, 0.15) is 69.4 Å². The number of anilines is 1. The number of hydroxylamine groups is 2. The summed E-state index contributed by atoms with van der Waals surface area (Å²) in [5, 5.41) is 5.39. The molecule has 1 aromatic rings. The molecule has 31 heavy (non-hydrogen) atoms. The predicted octanol–water partition coefficient (Wildman–Crippen LogP) is 4.33. The summed E-state index contributed by atoms with van der Waals surface area (Å²) in [5.74, 6) is 0.394. The molecule has 0 spiro atoms. The van der Waals surface area contributed by atoms with Crippen LogP contribution in [0.4, 0.5) is 10.5 Å². The zero-order chi connectivity index (χ0) is 21.2. The Balaban J connectivity index is 1.34. The highest BCUT2D eigenvalue weighted by atomic mass is 16.7. The third kappa shape index (κ3) is 4.56. The van der Waals surface area contributed by atoms with Crippen LogP contribution in [0, 0.1) is 5.92 Å². The first-order valence-corrected chi connectivity index (χ1v) is 12.5. The Morgan fingerprint density at radius 3 is 2.45 bits per heavy atom. The van der Waals surface area contributed by atoms with Crippen LogP contribution in [0.25, 0.3) is 0 Å². The van der Waals surface area contributed by atoms with Crippen molar-refractivity contribution in [3.8, 4) is 0 Å². The van der Waals surface area contributed by atoms with Crippen molar-refractivity contribution in [1.82, 2.24) is 15.3 Å². The van der Waals surface area contributed by atoms with Gasteiger partial charge in [-0.2, -0.15) is 5.06 Å². The maximum atomic E-state index is 13.4. The van der Waals surface area contributed by atoms with Crippen LogP contribution in [-0.2, 0) is 4.84 Å². The highest BCUT2D eigenvalue weighted by Crippen LogP contribution is 2.39. The monoisotopic (exact) mass is 426 g/mol. The number of hydrogen-bond donors (Lipinski definition) is 1. The summed E-state index contributed by atoms with van der Waals surface area (Å²) < 4.78 is 0. The molecule has 1 saturated carbocycles. The van der Waals surface area contributed by atoms with Gasteiger partial charge in [-0.25, -0.2) is 4.79 Å². The van der Waals surface area contributed by atoms with Crippen molar-refractivity contribution < 1.29 is 9.63 Å². The number of carbonyl (C=O) groups excluding carboxylic acids is 1. The van der Waals surface area contributed by atoms with Crippen LogP contribution in [-0.4, -0.2) is 61.4 Å². The van der Waals surface area contributed by atoms with E-state index >= 15 is 0 Å². The summed E-state index contributed by atoms with van der Waals surface area (Å²) >= 11 is 0.